The summed E-state index contributed by atoms with van der Waals surface area (Å²) in [6.07, 6.45) is 0. The summed E-state index contributed by atoms with van der Waals surface area (Å²) in [5.41, 5.74) is -0.164. The third kappa shape index (κ3) is 2.82. The van der Waals surface area contributed by atoms with Gasteiger partial charge in [0.15, 0.2) is 0 Å². The summed E-state index contributed by atoms with van der Waals surface area (Å²) in [5, 5.41) is 13.6. The van der Waals surface area contributed by atoms with Gasteiger partial charge < -0.3 is 4.74 Å². The summed E-state index contributed by atoms with van der Waals surface area (Å²) in [4.78, 5) is 19.3. The van der Waals surface area contributed by atoms with Crippen molar-refractivity contribution in [3.63, 3.8) is 0 Å². The van der Waals surface area contributed by atoms with Crippen LogP contribution < -0.4 is 4.74 Å². The maximum atomic E-state index is 11.1. The molecule has 9 heteroatoms. The van der Waals surface area contributed by atoms with Crippen LogP contribution in [0.5, 0.6) is 11.6 Å². The quantitative estimate of drug-likeness (QED) is 0.367. The zero-order valence-corrected chi connectivity index (χ0v) is 13.3. The molecule has 0 aliphatic rings. The Hall–Kier alpha value is -1.77. The minimum Gasteiger partial charge on any atom is -0.431 e. The Morgan fingerprint density at radius 1 is 1.33 bits per heavy atom. The molecule has 3 aromatic rings. The fourth-order valence-electron chi connectivity index (χ4n) is 1.70. The molecule has 0 aliphatic carbocycles. The molecule has 0 saturated heterocycles. The molecule has 0 fully saturated rings. The number of rotatable bonds is 3. The average molecular weight is 387 g/mol. The van der Waals surface area contributed by atoms with Crippen LogP contribution in [0.4, 0.5) is 5.69 Å². The Morgan fingerprint density at radius 3 is 2.90 bits per heavy atom. The number of nitrogens with zero attached hydrogens (tertiary/aromatic N) is 3. The Morgan fingerprint density at radius 2 is 2.14 bits per heavy atom. The number of benzene rings is 1. The second-order valence-corrected chi connectivity index (χ2v) is 6.06. The van der Waals surface area contributed by atoms with Gasteiger partial charge in [0.05, 0.1) is 10.3 Å². The third-order valence-electron chi connectivity index (χ3n) is 2.59. The summed E-state index contributed by atoms with van der Waals surface area (Å²) in [5.74, 6) is 0.280. The van der Waals surface area contributed by atoms with E-state index in [2.05, 4.69) is 25.9 Å². The van der Waals surface area contributed by atoms with E-state index in [1.165, 1.54) is 23.5 Å². The third-order valence-corrected chi connectivity index (χ3v) is 4.06. The Kier molecular flexibility index (Phi) is 3.75. The van der Waals surface area contributed by atoms with Crippen LogP contribution in [0.15, 0.2) is 34.1 Å². The molecule has 2 heterocycles. The predicted molar refractivity (Wildman–Crippen MR) is 83.3 cm³/mol. The van der Waals surface area contributed by atoms with Crippen LogP contribution in [0.3, 0.4) is 0 Å². The first-order chi connectivity index (χ1) is 10.0. The lowest BCUT2D eigenvalue weighted by atomic mass is 10.3. The van der Waals surface area contributed by atoms with E-state index in [4.69, 9.17) is 16.3 Å². The van der Waals surface area contributed by atoms with Crippen molar-refractivity contribution in [1.29, 1.82) is 0 Å². The molecule has 0 saturated carbocycles. The van der Waals surface area contributed by atoms with E-state index in [-0.39, 0.29) is 22.6 Å². The molecule has 3 rings (SSSR count). The fourth-order valence-corrected chi connectivity index (χ4v) is 3.02. The minimum absolute atomic E-state index is 0.0275. The van der Waals surface area contributed by atoms with Gasteiger partial charge in [-0.2, -0.15) is 4.98 Å². The van der Waals surface area contributed by atoms with Gasteiger partial charge >= 0.3 is 5.69 Å². The fraction of sp³-hybridized carbons (Fsp3) is 0. The molecule has 21 heavy (non-hydrogen) atoms. The van der Waals surface area contributed by atoms with E-state index in [1.807, 2.05) is 5.38 Å². The van der Waals surface area contributed by atoms with Crippen LogP contribution >= 0.6 is 38.9 Å². The summed E-state index contributed by atoms with van der Waals surface area (Å²) in [7, 11) is 0. The van der Waals surface area contributed by atoms with E-state index in [0.29, 0.717) is 14.7 Å². The van der Waals surface area contributed by atoms with Crippen LogP contribution in [0, 0.1) is 10.1 Å². The number of halogens is 2. The Balaban J connectivity index is 2.10. The van der Waals surface area contributed by atoms with Gasteiger partial charge in [-0.3, -0.25) is 10.1 Å². The van der Waals surface area contributed by atoms with Crippen molar-refractivity contribution in [3.05, 3.63) is 49.5 Å². The highest BCUT2D eigenvalue weighted by molar-refractivity contribution is 9.10. The van der Waals surface area contributed by atoms with E-state index in [9.17, 15) is 10.1 Å². The van der Waals surface area contributed by atoms with E-state index >= 15 is 0 Å². The summed E-state index contributed by atoms with van der Waals surface area (Å²) in [6.45, 7) is 0. The van der Waals surface area contributed by atoms with Crippen LogP contribution in [0.2, 0.25) is 5.28 Å². The zero-order valence-electron chi connectivity index (χ0n) is 10.1. The number of aromatic nitrogens is 2. The molecule has 1 aromatic carbocycles. The monoisotopic (exact) mass is 385 g/mol. The lowest BCUT2D eigenvalue weighted by Crippen LogP contribution is -1.96. The van der Waals surface area contributed by atoms with Gasteiger partial charge in [0.25, 0.3) is 0 Å². The molecule has 0 bridgehead atoms. The van der Waals surface area contributed by atoms with Gasteiger partial charge in [-0.25, -0.2) is 4.98 Å². The van der Waals surface area contributed by atoms with Crippen LogP contribution in [0.25, 0.3) is 10.2 Å². The zero-order chi connectivity index (χ0) is 15.0. The number of fused-ring (bicyclic) bond motifs is 1. The molecule has 6 nitrogen and oxygen atoms in total. The smallest absolute Gasteiger partial charge is 0.312 e. The summed E-state index contributed by atoms with van der Waals surface area (Å²) < 4.78 is 6.17. The Labute approximate surface area is 135 Å². The molecule has 2 aromatic heterocycles. The maximum absolute atomic E-state index is 11.1. The van der Waals surface area contributed by atoms with Crippen molar-refractivity contribution in [2.45, 2.75) is 0 Å². The number of nitro benzene ring substituents is 1. The van der Waals surface area contributed by atoms with E-state index in [1.54, 1.807) is 12.1 Å². The van der Waals surface area contributed by atoms with Crippen molar-refractivity contribution in [2.75, 3.05) is 0 Å². The summed E-state index contributed by atoms with van der Waals surface area (Å²) >= 11 is 10.4. The molecule has 0 atom stereocenters. The lowest BCUT2D eigenvalue weighted by Gasteiger charge is -2.07. The number of thiophene rings is 1. The molecule has 0 radical (unpaired) electrons. The van der Waals surface area contributed by atoms with Crippen LogP contribution in [0.1, 0.15) is 0 Å². The van der Waals surface area contributed by atoms with Crippen molar-refractivity contribution < 1.29 is 9.66 Å². The largest absolute Gasteiger partial charge is 0.431 e. The molecule has 0 aliphatic heterocycles. The molecule has 0 unspecified atom stereocenters. The van der Waals surface area contributed by atoms with Crippen LogP contribution in [-0.4, -0.2) is 14.9 Å². The topological polar surface area (TPSA) is 78.2 Å². The molecular formula is C12H5BrClN3O3S. The SMILES string of the molecule is O=[N+]([O-])c1cc(Br)ccc1Oc1nc(Cl)nc2sccc12. The molecule has 106 valence electrons. The predicted octanol–water partition coefficient (Wildman–Crippen LogP) is 4.81. The van der Waals surface area contributed by atoms with E-state index in [0.717, 1.165) is 0 Å². The highest BCUT2D eigenvalue weighted by atomic mass is 79.9. The number of hydrogen-bond acceptors (Lipinski definition) is 6. The van der Waals surface area contributed by atoms with Gasteiger partial charge in [-0.1, -0.05) is 15.9 Å². The average Bonchev–Trinajstić information content (AvgIpc) is 2.88. The van der Waals surface area contributed by atoms with Crippen LogP contribution in [-0.2, 0) is 0 Å². The minimum atomic E-state index is -0.520. The van der Waals surface area contributed by atoms with Crippen molar-refractivity contribution in [3.8, 4) is 11.6 Å². The first-order valence-electron chi connectivity index (χ1n) is 5.57. The number of ether oxygens (including phenoxy) is 1. The van der Waals surface area contributed by atoms with Crippen molar-refractivity contribution >= 4 is 54.8 Å². The van der Waals surface area contributed by atoms with Gasteiger partial charge in [0.2, 0.25) is 16.9 Å². The lowest BCUT2D eigenvalue weighted by molar-refractivity contribution is -0.385. The molecule has 0 amide bonds. The highest BCUT2D eigenvalue weighted by Gasteiger charge is 2.19. The first-order valence-corrected chi connectivity index (χ1v) is 7.62. The van der Waals surface area contributed by atoms with Gasteiger partial charge in [-0.15, -0.1) is 11.3 Å². The van der Waals surface area contributed by atoms with Gasteiger partial charge in [0.1, 0.15) is 4.83 Å². The maximum Gasteiger partial charge on any atom is 0.312 e. The molecule has 0 spiro atoms. The summed E-state index contributed by atoms with van der Waals surface area (Å²) in [6, 6.07) is 6.28. The van der Waals surface area contributed by atoms with Crippen molar-refractivity contribution in [1.82, 2.24) is 9.97 Å². The Bertz CT molecular complexity index is 855. The number of nitro groups is 1. The first kappa shape index (κ1) is 14.2. The van der Waals surface area contributed by atoms with E-state index < -0.39 is 4.92 Å². The second-order valence-electron chi connectivity index (χ2n) is 3.91. The highest BCUT2D eigenvalue weighted by Crippen LogP contribution is 2.36. The standard InChI is InChI=1S/C12H5BrClN3O3S/c13-6-1-2-9(8(5-6)17(18)19)20-10-7-3-4-21-11(7)16-12(14)15-10/h1-5H. The van der Waals surface area contributed by atoms with Crippen molar-refractivity contribution in [2.24, 2.45) is 0 Å². The molecule has 0 N–H and O–H groups in total. The van der Waals surface area contributed by atoms with Gasteiger partial charge in [-0.05, 0) is 35.2 Å². The van der Waals surface area contributed by atoms with Gasteiger partial charge in [0, 0.05) is 10.5 Å². The normalized spacial score (nSPS) is 10.8. The second kappa shape index (κ2) is 5.55. The number of hydrogen-bond donors (Lipinski definition) is 0. The molecular weight excluding hydrogens is 382 g/mol.